The molecule has 1 fully saturated rings. The standard InChI is InChI=1S/C11H13BrN2O3S/c12-7-4-8(18-6-7)5-13-11(17)14-3-1-2-9(14)10(15)16/h4,6,9H,1-3,5H2,(H,13,17)(H,15,16)/t9-/m0/s1. The number of amides is 2. The molecule has 1 aliphatic rings. The van der Waals surface area contributed by atoms with Crippen molar-refractivity contribution in [1.82, 2.24) is 10.2 Å². The van der Waals surface area contributed by atoms with Crippen LogP contribution in [0.15, 0.2) is 15.9 Å². The first-order valence-electron chi connectivity index (χ1n) is 5.58. The Kier molecular flexibility index (Phi) is 4.23. The number of carboxylic acids is 1. The quantitative estimate of drug-likeness (QED) is 0.892. The number of carbonyl (C=O) groups excluding carboxylic acids is 1. The van der Waals surface area contributed by atoms with Gasteiger partial charge in [-0.25, -0.2) is 9.59 Å². The highest BCUT2D eigenvalue weighted by Gasteiger charge is 2.33. The molecule has 18 heavy (non-hydrogen) atoms. The summed E-state index contributed by atoms with van der Waals surface area (Å²) in [5.41, 5.74) is 0. The van der Waals surface area contributed by atoms with Crippen LogP contribution < -0.4 is 5.32 Å². The lowest BCUT2D eigenvalue weighted by molar-refractivity contribution is -0.141. The molecule has 0 aliphatic carbocycles. The van der Waals surface area contributed by atoms with Crippen molar-refractivity contribution in [3.8, 4) is 0 Å². The fourth-order valence-corrected chi connectivity index (χ4v) is 3.37. The fraction of sp³-hybridized carbons (Fsp3) is 0.455. The van der Waals surface area contributed by atoms with Gasteiger partial charge in [-0.1, -0.05) is 0 Å². The third-order valence-corrected chi connectivity index (χ3v) is 4.53. The maximum atomic E-state index is 11.9. The van der Waals surface area contributed by atoms with Crippen LogP contribution in [0.1, 0.15) is 17.7 Å². The van der Waals surface area contributed by atoms with Gasteiger partial charge >= 0.3 is 12.0 Å². The lowest BCUT2D eigenvalue weighted by Gasteiger charge is -2.21. The molecule has 0 spiro atoms. The lowest BCUT2D eigenvalue weighted by atomic mass is 10.2. The van der Waals surface area contributed by atoms with Crippen LogP contribution in [0.25, 0.3) is 0 Å². The number of hydrogen-bond donors (Lipinski definition) is 2. The maximum absolute atomic E-state index is 11.9. The molecule has 1 aromatic rings. The summed E-state index contributed by atoms with van der Waals surface area (Å²) in [7, 11) is 0. The number of carbonyl (C=O) groups is 2. The van der Waals surface area contributed by atoms with Gasteiger partial charge < -0.3 is 15.3 Å². The van der Waals surface area contributed by atoms with Crippen molar-refractivity contribution in [3.05, 3.63) is 20.8 Å². The molecule has 1 atom stereocenters. The van der Waals surface area contributed by atoms with Crippen LogP contribution in [0.5, 0.6) is 0 Å². The molecule has 7 heteroatoms. The van der Waals surface area contributed by atoms with Gasteiger partial charge in [0.15, 0.2) is 0 Å². The van der Waals surface area contributed by atoms with E-state index in [0.29, 0.717) is 19.5 Å². The Hall–Kier alpha value is -1.08. The van der Waals surface area contributed by atoms with E-state index in [2.05, 4.69) is 21.2 Å². The number of rotatable bonds is 3. The molecule has 98 valence electrons. The molecule has 0 radical (unpaired) electrons. The summed E-state index contributed by atoms with van der Waals surface area (Å²) in [6.45, 7) is 0.939. The summed E-state index contributed by atoms with van der Waals surface area (Å²) < 4.78 is 0.987. The van der Waals surface area contributed by atoms with Crippen molar-refractivity contribution >= 4 is 39.3 Å². The van der Waals surface area contributed by atoms with E-state index in [1.165, 1.54) is 4.90 Å². The van der Waals surface area contributed by atoms with Crippen LogP contribution in [0.4, 0.5) is 4.79 Å². The number of nitrogens with one attached hydrogen (secondary N) is 1. The van der Waals surface area contributed by atoms with E-state index >= 15 is 0 Å². The van der Waals surface area contributed by atoms with E-state index < -0.39 is 12.0 Å². The molecule has 2 rings (SSSR count). The van der Waals surface area contributed by atoms with E-state index in [-0.39, 0.29) is 6.03 Å². The number of hydrogen-bond acceptors (Lipinski definition) is 3. The van der Waals surface area contributed by atoms with E-state index in [0.717, 1.165) is 15.8 Å². The Bertz CT molecular complexity index is 463. The van der Waals surface area contributed by atoms with Crippen molar-refractivity contribution in [3.63, 3.8) is 0 Å². The second-order valence-electron chi connectivity index (χ2n) is 4.08. The molecule has 0 saturated carbocycles. The SMILES string of the molecule is O=C(O)[C@@H]1CCCN1C(=O)NCc1cc(Br)cs1. The first kappa shape index (κ1) is 13.4. The molecule has 2 N–H and O–H groups in total. The number of nitrogens with zero attached hydrogens (tertiary/aromatic N) is 1. The monoisotopic (exact) mass is 332 g/mol. The van der Waals surface area contributed by atoms with Crippen molar-refractivity contribution in [2.45, 2.75) is 25.4 Å². The predicted molar refractivity (Wildman–Crippen MR) is 71.6 cm³/mol. The topological polar surface area (TPSA) is 69.6 Å². The normalized spacial score (nSPS) is 18.9. The van der Waals surface area contributed by atoms with Gasteiger partial charge in [-0.15, -0.1) is 11.3 Å². The molecule has 5 nitrogen and oxygen atoms in total. The highest BCUT2D eigenvalue weighted by Crippen LogP contribution is 2.20. The number of carboxylic acid groups (broad SMARTS) is 1. The number of halogens is 1. The molecular weight excluding hydrogens is 320 g/mol. The van der Waals surface area contributed by atoms with Gasteiger partial charge in [0.25, 0.3) is 0 Å². The van der Waals surface area contributed by atoms with Gasteiger partial charge in [0.2, 0.25) is 0 Å². The van der Waals surface area contributed by atoms with E-state index in [1.54, 1.807) is 11.3 Å². The zero-order chi connectivity index (χ0) is 13.1. The van der Waals surface area contributed by atoms with Crippen molar-refractivity contribution in [2.24, 2.45) is 0 Å². The van der Waals surface area contributed by atoms with Crippen molar-refractivity contribution in [2.75, 3.05) is 6.54 Å². The minimum absolute atomic E-state index is 0.301. The van der Waals surface area contributed by atoms with Crippen molar-refractivity contribution < 1.29 is 14.7 Å². The Labute approximate surface area is 117 Å². The van der Waals surface area contributed by atoms with Gasteiger partial charge in [0.1, 0.15) is 6.04 Å². The number of aliphatic carboxylic acids is 1. The molecule has 0 aromatic carbocycles. The van der Waals surface area contributed by atoms with Crippen LogP contribution >= 0.6 is 27.3 Å². The number of urea groups is 1. The maximum Gasteiger partial charge on any atom is 0.326 e. The average molecular weight is 333 g/mol. The second-order valence-corrected chi connectivity index (χ2v) is 5.99. The Morgan fingerprint density at radius 3 is 3.00 bits per heavy atom. The highest BCUT2D eigenvalue weighted by molar-refractivity contribution is 9.10. The molecule has 2 amide bonds. The third kappa shape index (κ3) is 3.02. The van der Waals surface area contributed by atoms with Crippen LogP contribution in [-0.2, 0) is 11.3 Å². The summed E-state index contributed by atoms with van der Waals surface area (Å²) in [5.74, 6) is -0.929. The Morgan fingerprint density at radius 2 is 2.39 bits per heavy atom. The minimum atomic E-state index is -0.929. The summed E-state index contributed by atoms with van der Waals surface area (Å²) in [4.78, 5) is 25.3. The first-order valence-corrected chi connectivity index (χ1v) is 7.25. The summed E-state index contributed by atoms with van der Waals surface area (Å²) >= 11 is 4.89. The highest BCUT2D eigenvalue weighted by atomic mass is 79.9. The second kappa shape index (κ2) is 5.71. The van der Waals surface area contributed by atoms with E-state index in [4.69, 9.17) is 5.11 Å². The molecule has 1 aromatic heterocycles. The van der Waals surface area contributed by atoms with Crippen LogP contribution in [-0.4, -0.2) is 34.6 Å². The predicted octanol–water partition coefficient (Wildman–Crippen LogP) is 2.27. The van der Waals surface area contributed by atoms with Gasteiger partial charge in [-0.2, -0.15) is 0 Å². The van der Waals surface area contributed by atoms with Gasteiger partial charge in [-0.05, 0) is 34.8 Å². The summed E-state index contributed by atoms with van der Waals surface area (Å²) in [6, 6.07) is 0.952. The Morgan fingerprint density at radius 1 is 1.61 bits per heavy atom. The fourth-order valence-electron chi connectivity index (χ4n) is 1.98. The number of thiophene rings is 1. The van der Waals surface area contributed by atoms with Gasteiger partial charge in [0, 0.05) is 21.3 Å². The zero-order valence-electron chi connectivity index (χ0n) is 9.56. The number of likely N-dealkylation sites (tertiary alicyclic amines) is 1. The molecule has 1 aliphatic heterocycles. The largest absolute Gasteiger partial charge is 0.480 e. The van der Waals surface area contributed by atoms with Gasteiger partial charge in [0.05, 0.1) is 6.54 Å². The van der Waals surface area contributed by atoms with Crippen LogP contribution in [0.3, 0.4) is 0 Å². The first-order chi connectivity index (χ1) is 8.58. The average Bonchev–Trinajstić information content (AvgIpc) is 2.94. The van der Waals surface area contributed by atoms with Crippen LogP contribution in [0.2, 0.25) is 0 Å². The lowest BCUT2D eigenvalue weighted by Crippen LogP contribution is -2.45. The summed E-state index contributed by atoms with van der Waals surface area (Å²) in [6.07, 6.45) is 1.28. The zero-order valence-corrected chi connectivity index (χ0v) is 12.0. The Balaban J connectivity index is 1.89. The minimum Gasteiger partial charge on any atom is -0.480 e. The molecule has 1 saturated heterocycles. The third-order valence-electron chi connectivity index (χ3n) is 2.83. The molecular formula is C11H13BrN2O3S. The van der Waals surface area contributed by atoms with Crippen LogP contribution in [0, 0.1) is 0 Å². The van der Waals surface area contributed by atoms with E-state index in [9.17, 15) is 9.59 Å². The van der Waals surface area contributed by atoms with Crippen molar-refractivity contribution in [1.29, 1.82) is 0 Å². The van der Waals surface area contributed by atoms with E-state index in [1.807, 2.05) is 11.4 Å². The molecule has 2 heterocycles. The van der Waals surface area contributed by atoms with Gasteiger partial charge in [-0.3, -0.25) is 0 Å². The summed E-state index contributed by atoms with van der Waals surface area (Å²) in [5, 5.41) is 13.7. The molecule has 0 unspecified atom stereocenters. The smallest absolute Gasteiger partial charge is 0.326 e. The molecule has 0 bridgehead atoms.